The van der Waals surface area contributed by atoms with Crippen LogP contribution in [-0.2, 0) is 19.6 Å². The van der Waals surface area contributed by atoms with Crippen molar-refractivity contribution in [3.63, 3.8) is 0 Å². The first-order chi connectivity index (χ1) is 10.9. The third-order valence-corrected chi connectivity index (χ3v) is 7.16. The molecule has 124 valence electrons. The molecule has 0 aromatic rings. The molecule has 5 aliphatic rings. The van der Waals surface area contributed by atoms with E-state index >= 15 is 0 Å². The van der Waals surface area contributed by atoms with Crippen LogP contribution in [0.3, 0.4) is 0 Å². The molecular weight excluding hydrogens is 280 g/mol. The molecule has 4 heteroatoms. The lowest BCUT2D eigenvalue weighted by Gasteiger charge is -2.55. The quantitative estimate of drug-likeness (QED) is 0.638. The summed E-state index contributed by atoms with van der Waals surface area (Å²) in [5.74, 6) is 2.51. The standard InChI is InChI=1S/C18H28O4/c1-3-7-14-11(5-1)12-9-10-16-17(18(12)22-20-14)13-6-2-4-8-15(13)19-21-16/h11-18H,1-10H2. The molecular formula is C18H28O4. The maximum atomic E-state index is 6.03. The topological polar surface area (TPSA) is 36.9 Å². The summed E-state index contributed by atoms with van der Waals surface area (Å²) in [5.41, 5.74) is 0. The Morgan fingerprint density at radius 3 is 1.95 bits per heavy atom. The van der Waals surface area contributed by atoms with Gasteiger partial charge in [-0.2, -0.15) is 0 Å². The van der Waals surface area contributed by atoms with E-state index in [0.29, 0.717) is 30.0 Å². The normalized spacial score (nSPS) is 54.5. The molecule has 0 amide bonds. The monoisotopic (exact) mass is 308 g/mol. The summed E-state index contributed by atoms with van der Waals surface area (Å²) in [6.07, 6.45) is 13.7. The zero-order chi connectivity index (χ0) is 14.5. The number of hydrogen-bond acceptors (Lipinski definition) is 4. The van der Waals surface area contributed by atoms with Gasteiger partial charge in [-0.15, -0.1) is 0 Å². The Morgan fingerprint density at radius 1 is 0.455 bits per heavy atom. The van der Waals surface area contributed by atoms with Gasteiger partial charge >= 0.3 is 0 Å². The van der Waals surface area contributed by atoms with E-state index in [4.69, 9.17) is 19.6 Å². The van der Waals surface area contributed by atoms with Crippen LogP contribution in [0, 0.1) is 23.7 Å². The van der Waals surface area contributed by atoms with Crippen LogP contribution in [0.4, 0.5) is 0 Å². The number of hydrogen-bond donors (Lipinski definition) is 0. The predicted octanol–water partition coefficient (Wildman–Crippen LogP) is 3.79. The second-order valence-electron chi connectivity index (χ2n) is 8.18. The van der Waals surface area contributed by atoms with Gasteiger partial charge in [0.25, 0.3) is 0 Å². The molecule has 3 saturated carbocycles. The molecule has 2 aliphatic heterocycles. The lowest BCUT2D eigenvalue weighted by molar-refractivity contribution is -0.464. The van der Waals surface area contributed by atoms with Crippen molar-refractivity contribution in [3.8, 4) is 0 Å². The van der Waals surface area contributed by atoms with Crippen molar-refractivity contribution >= 4 is 0 Å². The third kappa shape index (κ3) is 2.18. The van der Waals surface area contributed by atoms with Crippen LogP contribution >= 0.6 is 0 Å². The second-order valence-corrected chi connectivity index (χ2v) is 8.18. The highest BCUT2D eigenvalue weighted by Crippen LogP contribution is 2.52. The summed E-state index contributed by atoms with van der Waals surface area (Å²) < 4.78 is 0. The minimum atomic E-state index is 0.226. The number of rotatable bonds is 0. The number of fused-ring (bicyclic) bond motifs is 7. The highest BCUT2D eigenvalue weighted by Gasteiger charge is 2.56. The van der Waals surface area contributed by atoms with Gasteiger partial charge in [-0.3, -0.25) is 0 Å². The van der Waals surface area contributed by atoms with Crippen LogP contribution < -0.4 is 0 Å². The molecule has 8 unspecified atom stereocenters. The molecule has 8 atom stereocenters. The Kier molecular flexibility index (Phi) is 3.70. The maximum Gasteiger partial charge on any atom is 0.102 e. The zero-order valence-corrected chi connectivity index (χ0v) is 13.3. The Hall–Kier alpha value is -0.160. The first-order valence-electron chi connectivity index (χ1n) is 9.56. The molecule has 4 nitrogen and oxygen atoms in total. The van der Waals surface area contributed by atoms with Crippen molar-refractivity contribution in [2.24, 2.45) is 23.7 Å². The van der Waals surface area contributed by atoms with E-state index in [1.807, 2.05) is 0 Å². The van der Waals surface area contributed by atoms with E-state index in [1.165, 1.54) is 51.4 Å². The van der Waals surface area contributed by atoms with Crippen LogP contribution in [0.5, 0.6) is 0 Å². The average Bonchev–Trinajstić information content (AvgIpc) is 2.60. The van der Waals surface area contributed by atoms with Crippen LogP contribution in [0.2, 0.25) is 0 Å². The second kappa shape index (κ2) is 5.73. The molecule has 3 aliphatic carbocycles. The molecule has 5 fully saturated rings. The van der Waals surface area contributed by atoms with E-state index in [9.17, 15) is 0 Å². The molecule has 22 heavy (non-hydrogen) atoms. The summed E-state index contributed by atoms with van der Waals surface area (Å²) >= 11 is 0. The Morgan fingerprint density at radius 2 is 1.09 bits per heavy atom. The van der Waals surface area contributed by atoms with E-state index in [1.54, 1.807) is 0 Å². The lowest BCUT2D eigenvalue weighted by Crippen LogP contribution is -2.59. The van der Waals surface area contributed by atoms with Crippen LogP contribution in [0.15, 0.2) is 0 Å². The van der Waals surface area contributed by atoms with Crippen molar-refractivity contribution < 1.29 is 19.6 Å². The average molecular weight is 308 g/mol. The Balaban J connectivity index is 1.41. The molecule has 5 rings (SSSR count). The van der Waals surface area contributed by atoms with Crippen molar-refractivity contribution in [1.82, 2.24) is 0 Å². The van der Waals surface area contributed by atoms with Gasteiger partial charge < -0.3 is 0 Å². The van der Waals surface area contributed by atoms with Gasteiger partial charge in [0.2, 0.25) is 0 Å². The predicted molar refractivity (Wildman–Crippen MR) is 79.6 cm³/mol. The van der Waals surface area contributed by atoms with Gasteiger partial charge in [-0.05, 0) is 56.3 Å². The maximum absolute atomic E-state index is 6.03. The molecule has 0 spiro atoms. The first kappa shape index (κ1) is 14.2. The zero-order valence-electron chi connectivity index (χ0n) is 13.3. The minimum absolute atomic E-state index is 0.226. The van der Waals surface area contributed by atoms with Gasteiger partial charge in [0.1, 0.15) is 6.10 Å². The van der Waals surface area contributed by atoms with Crippen molar-refractivity contribution in [2.45, 2.75) is 88.6 Å². The van der Waals surface area contributed by atoms with Crippen molar-refractivity contribution in [3.05, 3.63) is 0 Å². The van der Waals surface area contributed by atoms with Gasteiger partial charge in [0.15, 0.2) is 0 Å². The molecule has 0 N–H and O–H groups in total. The fourth-order valence-electron chi connectivity index (χ4n) is 6.13. The van der Waals surface area contributed by atoms with E-state index in [-0.39, 0.29) is 12.2 Å². The summed E-state index contributed by atoms with van der Waals surface area (Å²) in [4.78, 5) is 23.5. The molecule has 0 aromatic carbocycles. The van der Waals surface area contributed by atoms with Gasteiger partial charge in [-0.25, -0.2) is 19.6 Å². The Bertz CT molecular complexity index is 414. The van der Waals surface area contributed by atoms with Gasteiger partial charge in [-0.1, -0.05) is 25.7 Å². The largest absolute Gasteiger partial charge is 0.233 e. The van der Waals surface area contributed by atoms with E-state index in [2.05, 4.69) is 0 Å². The van der Waals surface area contributed by atoms with E-state index < -0.39 is 0 Å². The summed E-state index contributed by atoms with van der Waals surface area (Å²) in [5, 5.41) is 0. The SMILES string of the molecule is C1CCC2C(C1)OOC1C2CCC2OOC3CCCCC3C21. The molecule has 2 saturated heterocycles. The van der Waals surface area contributed by atoms with Gasteiger partial charge in [0, 0.05) is 5.92 Å². The molecule has 0 radical (unpaired) electrons. The summed E-state index contributed by atoms with van der Waals surface area (Å²) in [7, 11) is 0. The minimum Gasteiger partial charge on any atom is -0.233 e. The molecule has 0 bridgehead atoms. The van der Waals surface area contributed by atoms with E-state index in [0.717, 1.165) is 18.8 Å². The fraction of sp³-hybridized carbons (Fsp3) is 1.00. The summed E-state index contributed by atoms with van der Waals surface area (Å²) in [6, 6.07) is 0. The van der Waals surface area contributed by atoms with Crippen LogP contribution in [0.1, 0.15) is 64.2 Å². The molecule has 0 aromatic heterocycles. The fourth-order valence-corrected chi connectivity index (χ4v) is 6.13. The van der Waals surface area contributed by atoms with Crippen LogP contribution in [-0.4, -0.2) is 24.4 Å². The summed E-state index contributed by atoms with van der Waals surface area (Å²) in [6.45, 7) is 0. The highest BCUT2D eigenvalue weighted by atomic mass is 17.2. The molecule has 2 heterocycles. The van der Waals surface area contributed by atoms with Crippen LogP contribution in [0.25, 0.3) is 0 Å². The first-order valence-corrected chi connectivity index (χ1v) is 9.56. The third-order valence-electron chi connectivity index (χ3n) is 7.16. The van der Waals surface area contributed by atoms with Crippen molar-refractivity contribution in [1.29, 1.82) is 0 Å². The Labute approximate surface area is 132 Å². The lowest BCUT2D eigenvalue weighted by atomic mass is 9.61. The van der Waals surface area contributed by atoms with Crippen molar-refractivity contribution in [2.75, 3.05) is 0 Å². The van der Waals surface area contributed by atoms with Gasteiger partial charge in [0.05, 0.1) is 18.3 Å². The smallest absolute Gasteiger partial charge is 0.102 e. The highest BCUT2D eigenvalue weighted by molar-refractivity contribution is 5.00.